The number of carbonyl (C=O) groups is 6. The zero-order valence-corrected chi connectivity index (χ0v) is 23.4. The highest BCUT2D eigenvalue weighted by Gasteiger charge is 2.28. The van der Waals surface area contributed by atoms with Crippen molar-refractivity contribution in [2.45, 2.75) is 141 Å². The minimum atomic E-state index is -1.63. The second-order valence-electron chi connectivity index (χ2n) is 10.2. The number of rotatable bonds is 26. The molecule has 11 heteroatoms. The van der Waals surface area contributed by atoms with Crippen LogP contribution in [-0.4, -0.2) is 62.9 Å². The van der Waals surface area contributed by atoms with Crippen molar-refractivity contribution in [3.05, 3.63) is 0 Å². The molecule has 2 amide bonds. The number of carboxylic acids is 3. The summed E-state index contributed by atoms with van der Waals surface area (Å²) < 4.78 is 0. The summed E-state index contributed by atoms with van der Waals surface area (Å²) in [6.45, 7) is 1.34. The highest BCUT2D eigenvalue weighted by molar-refractivity contribution is 5.92. The fraction of sp³-hybridized carbons (Fsp3) is 0.786. The third kappa shape index (κ3) is 22.7. The van der Waals surface area contributed by atoms with E-state index in [9.17, 15) is 28.8 Å². The third-order valence-electron chi connectivity index (χ3n) is 6.47. The van der Waals surface area contributed by atoms with Crippen LogP contribution in [0.3, 0.4) is 0 Å². The average Bonchev–Trinajstić information content (AvgIpc) is 2.85. The molecule has 0 aliphatic carbocycles. The lowest BCUT2D eigenvalue weighted by atomic mass is 10.0. The molecule has 0 saturated heterocycles. The molecule has 0 aromatic rings. The van der Waals surface area contributed by atoms with Gasteiger partial charge >= 0.3 is 17.9 Å². The van der Waals surface area contributed by atoms with Gasteiger partial charge in [0.25, 0.3) is 0 Å². The second-order valence-corrected chi connectivity index (χ2v) is 10.2. The lowest BCUT2D eigenvalue weighted by Gasteiger charge is -2.20. The highest BCUT2D eigenvalue weighted by atomic mass is 16.4. The molecular formula is C28H48N2O9. The SMILES string of the molecule is CC(=O)CCC(NC(=O)CCCCCCCCCCCCCCCCC(=O)O)C(=O)NC(CC(=O)O)C(=O)O. The number of amides is 2. The van der Waals surface area contributed by atoms with Gasteiger partial charge in [-0.25, -0.2) is 4.79 Å². The van der Waals surface area contributed by atoms with E-state index in [-0.39, 0.29) is 37.4 Å². The summed E-state index contributed by atoms with van der Waals surface area (Å²) in [6.07, 6.45) is 14.5. The Labute approximate surface area is 231 Å². The minimum absolute atomic E-state index is 0.000883. The van der Waals surface area contributed by atoms with E-state index in [1.807, 2.05) is 0 Å². The van der Waals surface area contributed by atoms with Gasteiger partial charge in [0.2, 0.25) is 11.8 Å². The van der Waals surface area contributed by atoms with Crippen LogP contribution < -0.4 is 10.6 Å². The van der Waals surface area contributed by atoms with Crippen LogP contribution in [0.4, 0.5) is 0 Å². The van der Waals surface area contributed by atoms with E-state index in [1.54, 1.807) is 0 Å². The fourth-order valence-electron chi connectivity index (χ4n) is 4.21. The number of carboxylic acid groups (broad SMARTS) is 3. The average molecular weight is 557 g/mol. The number of carbonyl (C=O) groups excluding carboxylic acids is 3. The molecule has 5 N–H and O–H groups in total. The second kappa shape index (κ2) is 23.0. The molecule has 0 saturated carbocycles. The normalized spacial score (nSPS) is 12.3. The first-order valence-electron chi connectivity index (χ1n) is 14.3. The van der Waals surface area contributed by atoms with Gasteiger partial charge in [-0.2, -0.15) is 0 Å². The third-order valence-corrected chi connectivity index (χ3v) is 6.47. The Kier molecular flexibility index (Phi) is 21.2. The van der Waals surface area contributed by atoms with Gasteiger partial charge in [-0.1, -0.05) is 77.0 Å². The fourth-order valence-corrected chi connectivity index (χ4v) is 4.21. The van der Waals surface area contributed by atoms with E-state index in [2.05, 4.69) is 10.6 Å². The Bertz CT molecular complexity index is 770. The maximum atomic E-state index is 12.5. The summed E-state index contributed by atoms with van der Waals surface area (Å²) in [5.41, 5.74) is 0. The molecule has 0 aliphatic rings. The smallest absolute Gasteiger partial charge is 0.326 e. The first kappa shape index (κ1) is 36.0. The molecule has 39 heavy (non-hydrogen) atoms. The molecule has 0 rings (SSSR count). The number of unbranched alkanes of at least 4 members (excludes halogenated alkanes) is 13. The predicted molar refractivity (Wildman–Crippen MR) is 145 cm³/mol. The molecule has 0 heterocycles. The summed E-state index contributed by atoms with van der Waals surface area (Å²) in [5, 5.41) is 31.3. The molecule has 2 atom stereocenters. The Hall–Kier alpha value is -2.98. The Morgan fingerprint density at radius 2 is 0.974 bits per heavy atom. The van der Waals surface area contributed by atoms with Crippen LogP contribution in [0.1, 0.15) is 129 Å². The molecule has 0 fully saturated rings. The zero-order valence-electron chi connectivity index (χ0n) is 23.4. The van der Waals surface area contributed by atoms with E-state index < -0.39 is 42.3 Å². The molecule has 0 aromatic carbocycles. The molecule has 0 bridgehead atoms. The van der Waals surface area contributed by atoms with Crippen molar-refractivity contribution in [3.63, 3.8) is 0 Å². The highest BCUT2D eigenvalue weighted by Crippen LogP contribution is 2.14. The van der Waals surface area contributed by atoms with Crippen molar-refractivity contribution in [3.8, 4) is 0 Å². The Morgan fingerprint density at radius 1 is 0.538 bits per heavy atom. The summed E-state index contributed by atoms with van der Waals surface area (Å²) in [4.78, 5) is 68.7. The van der Waals surface area contributed by atoms with Crippen LogP contribution in [0, 0.1) is 0 Å². The number of ketones is 1. The van der Waals surface area contributed by atoms with Gasteiger partial charge in [-0.05, 0) is 26.2 Å². The molecule has 0 spiro atoms. The van der Waals surface area contributed by atoms with Crippen molar-refractivity contribution >= 4 is 35.5 Å². The number of hydrogen-bond acceptors (Lipinski definition) is 6. The zero-order chi connectivity index (χ0) is 29.5. The number of hydrogen-bond donors (Lipinski definition) is 5. The molecule has 11 nitrogen and oxygen atoms in total. The monoisotopic (exact) mass is 556 g/mol. The van der Waals surface area contributed by atoms with E-state index in [4.69, 9.17) is 15.3 Å². The quantitative estimate of drug-likeness (QED) is 0.0972. The lowest BCUT2D eigenvalue weighted by molar-refractivity contribution is -0.147. The van der Waals surface area contributed by atoms with Gasteiger partial charge in [-0.15, -0.1) is 0 Å². The standard InChI is InChI=1S/C28H48N2O9/c1-21(31)18-19-22(27(37)30-23(28(38)39)20-26(35)36)29-24(32)16-14-12-10-8-6-4-2-3-5-7-9-11-13-15-17-25(33)34/h22-23H,2-20H2,1H3,(H,29,32)(H,30,37)(H,33,34)(H,35,36)(H,38,39). The van der Waals surface area contributed by atoms with Crippen LogP contribution in [0.5, 0.6) is 0 Å². The molecule has 2 unspecified atom stereocenters. The van der Waals surface area contributed by atoms with E-state index in [1.165, 1.54) is 45.4 Å². The lowest BCUT2D eigenvalue weighted by Crippen LogP contribution is -2.52. The van der Waals surface area contributed by atoms with Crippen molar-refractivity contribution in [2.24, 2.45) is 0 Å². The van der Waals surface area contributed by atoms with Crippen LogP contribution in [-0.2, 0) is 28.8 Å². The van der Waals surface area contributed by atoms with Crippen LogP contribution in [0.2, 0.25) is 0 Å². The molecule has 0 aliphatic heterocycles. The summed E-state index contributed by atoms with van der Waals surface area (Å²) in [7, 11) is 0. The van der Waals surface area contributed by atoms with Gasteiger partial charge in [0, 0.05) is 19.3 Å². The summed E-state index contributed by atoms with van der Waals surface area (Å²) in [6, 6.07) is -2.75. The Balaban J connectivity index is 4.04. The molecule has 224 valence electrons. The van der Waals surface area contributed by atoms with E-state index >= 15 is 0 Å². The molecule has 0 radical (unpaired) electrons. The summed E-state index contributed by atoms with van der Waals surface area (Å²) >= 11 is 0. The summed E-state index contributed by atoms with van der Waals surface area (Å²) in [5.74, 6) is -4.98. The topological polar surface area (TPSA) is 187 Å². The van der Waals surface area contributed by atoms with Gasteiger partial charge in [0.1, 0.15) is 17.9 Å². The van der Waals surface area contributed by atoms with Gasteiger partial charge in [0.15, 0.2) is 0 Å². The van der Waals surface area contributed by atoms with Crippen molar-refractivity contribution in [2.75, 3.05) is 0 Å². The Morgan fingerprint density at radius 3 is 1.36 bits per heavy atom. The first-order valence-corrected chi connectivity index (χ1v) is 14.3. The van der Waals surface area contributed by atoms with Crippen molar-refractivity contribution in [1.82, 2.24) is 10.6 Å². The predicted octanol–water partition coefficient (Wildman–Crippen LogP) is 4.21. The van der Waals surface area contributed by atoms with Gasteiger partial charge in [-0.3, -0.25) is 19.2 Å². The van der Waals surface area contributed by atoms with Crippen molar-refractivity contribution < 1.29 is 44.1 Å². The number of aliphatic carboxylic acids is 3. The van der Waals surface area contributed by atoms with E-state index in [0.717, 1.165) is 44.9 Å². The van der Waals surface area contributed by atoms with Crippen LogP contribution >= 0.6 is 0 Å². The minimum Gasteiger partial charge on any atom is -0.481 e. The van der Waals surface area contributed by atoms with E-state index in [0.29, 0.717) is 6.42 Å². The van der Waals surface area contributed by atoms with Crippen LogP contribution in [0.25, 0.3) is 0 Å². The number of nitrogens with one attached hydrogen (secondary N) is 2. The maximum absolute atomic E-state index is 12.5. The maximum Gasteiger partial charge on any atom is 0.326 e. The first-order chi connectivity index (χ1) is 18.5. The van der Waals surface area contributed by atoms with Crippen molar-refractivity contribution in [1.29, 1.82) is 0 Å². The van der Waals surface area contributed by atoms with Crippen LogP contribution in [0.15, 0.2) is 0 Å². The largest absolute Gasteiger partial charge is 0.481 e. The number of Topliss-reactive ketones (excluding diaryl/α,β-unsaturated/α-hetero) is 1. The van der Waals surface area contributed by atoms with Gasteiger partial charge in [0.05, 0.1) is 6.42 Å². The molecule has 0 aromatic heterocycles. The van der Waals surface area contributed by atoms with Gasteiger partial charge < -0.3 is 30.7 Å². The molecular weight excluding hydrogens is 508 g/mol.